The van der Waals surface area contributed by atoms with E-state index in [0.29, 0.717) is 0 Å². The molecule has 0 aliphatic heterocycles. The Bertz CT molecular complexity index is 76.4. The zero-order chi connectivity index (χ0) is 5.15. The molecule has 0 aromatic heterocycles. The summed E-state index contributed by atoms with van der Waals surface area (Å²) in [5, 5.41) is 17.9. The number of rotatable bonds is 0. The Hall–Kier alpha value is -0.581. The normalized spacial score (nSPS) is 5.50. The summed E-state index contributed by atoms with van der Waals surface area (Å²) in [5.74, 6) is -4.37. The first-order valence-corrected chi connectivity index (χ1v) is 1.07. The van der Waals surface area contributed by atoms with E-state index in [1.54, 1.807) is 0 Å². The van der Waals surface area contributed by atoms with Crippen molar-refractivity contribution in [2.75, 3.05) is 0 Å². The Morgan fingerprint density at radius 1 is 1.00 bits per heavy atom. The molecule has 0 aromatic carbocycles. The molecule has 0 fully saturated rings. The number of carboxylic acid groups (broad SMARTS) is 2. The minimum absolute atomic E-state index is 0. The van der Waals surface area contributed by atoms with Crippen LogP contribution in [0.15, 0.2) is 0 Å². The SMILES string of the molecule is O=C([O-])C(=O)[O-].[Fe+4].[O-2]. The van der Waals surface area contributed by atoms with Gasteiger partial charge in [-0.1, -0.05) is 0 Å². The first kappa shape index (κ1) is 15.7. The van der Waals surface area contributed by atoms with Gasteiger partial charge in [-0.2, -0.15) is 0 Å². The second kappa shape index (κ2) is 6.42. The number of carboxylic acids is 2. The Morgan fingerprint density at radius 2 is 1.12 bits per heavy atom. The molecule has 46 valence electrons. The summed E-state index contributed by atoms with van der Waals surface area (Å²) in [4.78, 5) is 17.9. The zero-order valence-electron chi connectivity index (χ0n) is 3.39. The molecule has 6 heteroatoms. The van der Waals surface area contributed by atoms with E-state index in [1.807, 2.05) is 0 Å². The molecule has 0 heterocycles. The Kier molecular flexibility index (Phi) is 12.6. The van der Waals surface area contributed by atoms with Crippen LogP contribution >= 0.6 is 0 Å². The Morgan fingerprint density at radius 3 is 1.12 bits per heavy atom. The van der Waals surface area contributed by atoms with E-state index in [9.17, 15) is 0 Å². The van der Waals surface area contributed by atoms with E-state index in [1.165, 1.54) is 0 Å². The van der Waals surface area contributed by atoms with Crippen LogP contribution in [0.25, 0.3) is 0 Å². The second-order valence-electron chi connectivity index (χ2n) is 0.575. The molecule has 0 saturated heterocycles. The third kappa shape index (κ3) is 9.05. The van der Waals surface area contributed by atoms with Crippen molar-refractivity contribution >= 4 is 11.9 Å². The van der Waals surface area contributed by atoms with Gasteiger partial charge in [0.05, 0.1) is 11.9 Å². The number of carbonyl (C=O) groups excluding carboxylic acids is 2. The van der Waals surface area contributed by atoms with E-state index in [4.69, 9.17) is 19.8 Å². The summed E-state index contributed by atoms with van der Waals surface area (Å²) < 4.78 is 0. The molecule has 0 bridgehead atoms. The summed E-state index contributed by atoms with van der Waals surface area (Å²) in [6, 6.07) is 0. The standard InChI is InChI=1S/C2H2O4.Fe.O/c3-1(4)2(5)6;;/h(H,3,4)(H,5,6);;/q;+4;-2/p-2. The smallest absolute Gasteiger partial charge is 2.00 e. The maximum absolute atomic E-state index is 8.93. The monoisotopic (exact) mass is 160 g/mol. The van der Waals surface area contributed by atoms with Crippen LogP contribution in [-0.4, -0.2) is 11.9 Å². The molecule has 0 N–H and O–H groups in total. The molecule has 0 aliphatic carbocycles. The van der Waals surface area contributed by atoms with E-state index in [2.05, 4.69) is 0 Å². The van der Waals surface area contributed by atoms with Crippen molar-refractivity contribution in [2.45, 2.75) is 0 Å². The molecule has 0 rings (SSSR count). The van der Waals surface area contributed by atoms with Crippen molar-refractivity contribution in [3.05, 3.63) is 0 Å². The molecule has 0 unspecified atom stereocenters. The largest absolute Gasteiger partial charge is 4.00 e. The molecule has 0 atom stereocenters. The molecule has 0 aliphatic rings. The van der Waals surface area contributed by atoms with Gasteiger partial charge in [-0.25, -0.2) is 0 Å². The van der Waals surface area contributed by atoms with E-state index >= 15 is 0 Å². The summed E-state index contributed by atoms with van der Waals surface area (Å²) in [6.45, 7) is 0. The Labute approximate surface area is 55.1 Å². The van der Waals surface area contributed by atoms with Gasteiger partial charge in [-0.15, -0.1) is 0 Å². The predicted molar refractivity (Wildman–Crippen MR) is 10.7 cm³/mol. The van der Waals surface area contributed by atoms with Crippen molar-refractivity contribution in [1.82, 2.24) is 0 Å². The molecule has 0 aromatic rings. The number of aliphatic carboxylic acids is 2. The van der Waals surface area contributed by atoms with E-state index in [-0.39, 0.29) is 22.5 Å². The average molecular weight is 160 g/mol. The van der Waals surface area contributed by atoms with Gasteiger partial charge in [0.1, 0.15) is 0 Å². The summed E-state index contributed by atoms with van der Waals surface area (Å²) in [6.07, 6.45) is 0. The van der Waals surface area contributed by atoms with Crippen molar-refractivity contribution < 1.29 is 42.3 Å². The van der Waals surface area contributed by atoms with Gasteiger partial charge < -0.3 is 25.3 Å². The van der Waals surface area contributed by atoms with Crippen molar-refractivity contribution in [3.63, 3.8) is 0 Å². The fourth-order valence-electron chi connectivity index (χ4n) is 0. The van der Waals surface area contributed by atoms with Gasteiger partial charge >= 0.3 is 17.1 Å². The Balaban J connectivity index is -0.000000125. The topological polar surface area (TPSA) is 109 Å². The van der Waals surface area contributed by atoms with Crippen LogP contribution in [0.5, 0.6) is 0 Å². The van der Waals surface area contributed by atoms with Gasteiger partial charge in [0.15, 0.2) is 0 Å². The molecule has 0 spiro atoms. The summed E-state index contributed by atoms with van der Waals surface area (Å²) >= 11 is 0. The second-order valence-corrected chi connectivity index (χ2v) is 0.575. The van der Waals surface area contributed by atoms with Crippen LogP contribution in [0.1, 0.15) is 0 Å². The van der Waals surface area contributed by atoms with Crippen LogP contribution in [0.4, 0.5) is 0 Å². The molecule has 0 amide bonds. The van der Waals surface area contributed by atoms with Gasteiger partial charge in [-0.05, 0) is 0 Å². The fourth-order valence-corrected chi connectivity index (χ4v) is 0. The third-order valence-electron chi connectivity index (χ3n) is 0.167. The van der Waals surface area contributed by atoms with E-state index in [0.717, 1.165) is 0 Å². The minimum Gasteiger partial charge on any atom is -2.00 e. The fraction of sp³-hybridized carbons (Fsp3) is 0. The van der Waals surface area contributed by atoms with Crippen LogP contribution < -0.4 is 10.2 Å². The maximum Gasteiger partial charge on any atom is 4.00 e. The molecule has 8 heavy (non-hydrogen) atoms. The van der Waals surface area contributed by atoms with Crippen molar-refractivity contribution in [1.29, 1.82) is 0 Å². The van der Waals surface area contributed by atoms with Crippen LogP contribution in [0, 0.1) is 0 Å². The number of hydrogen-bond acceptors (Lipinski definition) is 4. The van der Waals surface area contributed by atoms with E-state index < -0.39 is 11.9 Å². The quantitative estimate of drug-likeness (QED) is 0.269. The maximum atomic E-state index is 8.93. The van der Waals surface area contributed by atoms with Gasteiger partial charge in [0.2, 0.25) is 0 Å². The van der Waals surface area contributed by atoms with Crippen molar-refractivity contribution in [3.8, 4) is 0 Å². The molecular weight excluding hydrogens is 160 g/mol. The van der Waals surface area contributed by atoms with Gasteiger partial charge in [0.25, 0.3) is 0 Å². The van der Waals surface area contributed by atoms with Crippen LogP contribution in [0.3, 0.4) is 0 Å². The molecular formula is C2FeO5. The van der Waals surface area contributed by atoms with Crippen molar-refractivity contribution in [2.24, 2.45) is 0 Å². The van der Waals surface area contributed by atoms with Gasteiger partial charge in [0, 0.05) is 0 Å². The summed E-state index contributed by atoms with van der Waals surface area (Å²) in [5.41, 5.74) is 0. The minimum atomic E-state index is -2.19. The average Bonchev–Trinajstić information content (AvgIpc) is 1.36. The molecule has 0 saturated carbocycles. The molecule has 5 nitrogen and oxygen atoms in total. The number of hydrogen-bond donors (Lipinski definition) is 0. The first-order chi connectivity index (χ1) is 2.64. The third-order valence-corrected chi connectivity index (χ3v) is 0.167. The number of carbonyl (C=O) groups is 2. The van der Waals surface area contributed by atoms with Crippen LogP contribution in [-0.2, 0) is 32.1 Å². The predicted octanol–water partition coefficient (Wildman–Crippen LogP) is -3.64. The zero-order valence-corrected chi connectivity index (χ0v) is 4.50. The van der Waals surface area contributed by atoms with Crippen LogP contribution in [0.2, 0.25) is 0 Å². The summed E-state index contributed by atoms with van der Waals surface area (Å²) in [7, 11) is 0. The molecule has 0 radical (unpaired) electrons. The first-order valence-electron chi connectivity index (χ1n) is 1.07. The van der Waals surface area contributed by atoms with Gasteiger partial charge in [-0.3, -0.25) is 0 Å².